The molecular formula is C23H24ClN3O6. The van der Waals surface area contributed by atoms with E-state index in [0.29, 0.717) is 27.5 Å². The van der Waals surface area contributed by atoms with Gasteiger partial charge < -0.3 is 24.8 Å². The van der Waals surface area contributed by atoms with Crippen LogP contribution in [0.2, 0.25) is 5.02 Å². The summed E-state index contributed by atoms with van der Waals surface area (Å²) in [6.45, 7) is 2.64. The van der Waals surface area contributed by atoms with Crippen LogP contribution in [0.25, 0.3) is 0 Å². The highest BCUT2D eigenvalue weighted by Gasteiger charge is 2.30. The van der Waals surface area contributed by atoms with Gasteiger partial charge in [0.2, 0.25) is 0 Å². The van der Waals surface area contributed by atoms with Crippen molar-refractivity contribution in [2.45, 2.75) is 25.9 Å². The van der Waals surface area contributed by atoms with Gasteiger partial charge in [0.15, 0.2) is 6.61 Å². The molecule has 2 aromatic rings. The number of esters is 1. The maximum absolute atomic E-state index is 12.6. The van der Waals surface area contributed by atoms with E-state index in [4.69, 9.17) is 21.1 Å². The summed E-state index contributed by atoms with van der Waals surface area (Å²) in [4.78, 5) is 36.6. The van der Waals surface area contributed by atoms with Crippen molar-refractivity contribution in [2.24, 2.45) is 0 Å². The quantitative estimate of drug-likeness (QED) is 0.536. The van der Waals surface area contributed by atoms with Crippen molar-refractivity contribution in [1.29, 1.82) is 5.26 Å². The second kappa shape index (κ2) is 11.2. The molecule has 2 aromatic carbocycles. The molecule has 0 fully saturated rings. The lowest BCUT2D eigenvalue weighted by molar-refractivity contribution is -0.149. The largest absolute Gasteiger partial charge is 0.497 e. The number of halogens is 1. The number of carbonyl (C=O) groups excluding carboxylic acids is 3. The van der Waals surface area contributed by atoms with Crippen LogP contribution in [0.1, 0.15) is 35.3 Å². The first-order valence-corrected chi connectivity index (χ1v) is 10.2. The Morgan fingerprint density at radius 3 is 2.48 bits per heavy atom. The molecule has 0 unspecified atom stereocenters. The lowest BCUT2D eigenvalue weighted by Gasteiger charge is -2.23. The molecule has 2 rings (SSSR count). The van der Waals surface area contributed by atoms with Gasteiger partial charge >= 0.3 is 5.97 Å². The fourth-order valence-corrected chi connectivity index (χ4v) is 3.05. The number of nitriles is 1. The van der Waals surface area contributed by atoms with Gasteiger partial charge in [0.1, 0.15) is 17.0 Å². The van der Waals surface area contributed by atoms with Crippen LogP contribution in [-0.2, 0) is 20.9 Å². The third-order valence-corrected chi connectivity index (χ3v) is 4.73. The Morgan fingerprint density at radius 1 is 1.12 bits per heavy atom. The minimum atomic E-state index is -1.24. The Kier molecular flexibility index (Phi) is 8.65. The molecule has 0 radical (unpaired) electrons. The predicted octanol–water partition coefficient (Wildman–Crippen LogP) is 2.60. The Bertz CT molecular complexity index is 1090. The van der Waals surface area contributed by atoms with E-state index >= 15 is 0 Å². The number of amides is 2. The summed E-state index contributed by atoms with van der Waals surface area (Å²) >= 11 is 6.02. The van der Waals surface area contributed by atoms with E-state index in [-0.39, 0.29) is 12.3 Å². The molecule has 33 heavy (non-hydrogen) atoms. The molecule has 10 heteroatoms. The summed E-state index contributed by atoms with van der Waals surface area (Å²) < 4.78 is 15.4. The van der Waals surface area contributed by atoms with Gasteiger partial charge in [-0.1, -0.05) is 17.7 Å². The first kappa shape index (κ1) is 25.5. The number of nitrogens with one attached hydrogen (secondary N) is 2. The van der Waals surface area contributed by atoms with Gasteiger partial charge in [-0.05, 0) is 44.2 Å². The molecule has 0 aliphatic heterocycles. The van der Waals surface area contributed by atoms with Crippen LogP contribution in [0.5, 0.6) is 11.5 Å². The van der Waals surface area contributed by atoms with Crippen LogP contribution in [-0.4, -0.2) is 44.1 Å². The summed E-state index contributed by atoms with van der Waals surface area (Å²) in [7, 11) is 2.69. The SMILES string of the molecule is COC(=O)C(C)(C)NC(=O)COc1cc(C#N)ccc1CNC(=O)c1cc(Cl)cc(OC)c1. The topological polar surface area (TPSA) is 127 Å². The Labute approximate surface area is 196 Å². The van der Waals surface area contributed by atoms with Gasteiger partial charge in [0, 0.05) is 22.7 Å². The summed E-state index contributed by atoms with van der Waals surface area (Å²) in [5.41, 5.74) is -0.0791. The summed E-state index contributed by atoms with van der Waals surface area (Å²) in [6, 6.07) is 11.3. The van der Waals surface area contributed by atoms with Gasteiger partial charge in [0.25, 0.3) is 11.8 Å². The smallest absolute Gasteiger partial charge is 0.330 e. The molecule has 2 N–H and O–H groups in total. The Balaban J connectivity index is 2.11. The first-order chi connectivity index (χ1) is 15.6. The highest BCUT2D eigenvalue weighted by atomic mass is 35.5. The van der Waals surface area contributed by atoms with E-state index in [0.717, 1.165) is 0 Å². The Morgan fingerprint density at radius 2 is 1.85 bits per heavy atom. The minimum absolute atomic E-state index is 0.0595. The summed E-state index contributed by atoms with van der Waals surface area (Å²) in [5.74, 6) is -0.888. The number of benzene rings is 2. The predicted molar refractivity (Wildman–Crippen MR) is 120 cm³/mol. The van der Waals surface area contributed by atoms with E-state index in [9.17, 15) is 19.6 Å². The highest BCUT2D eigenvalue weighted by Crippen LogP contribution is 2.23. The molecule has 0 aromatic heterocycles. The average Bonchev–Trinajstić information content (AvgIpc) is 2.79. The van der Waals surface area contributed by atoms with Gasteiger partial charge in [-0.15, -0.1) is 0 Å². The molecule has 0 heterocycles. The van der Waals surface area contributed by atoms with Crippen LogP contribution >= 0.6 is 11.6 Å². The van der Waals surface area contributed by atoms with Crippen LogP contribution in [0.4, 0.5) is 0 Å². The van der Waals surface area contributed by atoms with E-state index in [1.165, 1.54) is 40.2 Å². The van der Waals surface area contributed by atoms with Crippen molar-refractivity contribution in [3.63, 3.8) is 0 Å². The van der Waals surface area contributed by atoms with Crippen LogP contribution < -0.4 is 20.1 Å². The first-order valence-electron chi connectivity index (χ1n) is 9.77. The van der Waals surface area contributed by atoms with Crippen molar-refractivity contribution in [3.05, 3.63) is 58.1 Å². The van der Waals surface area contributed by atoms with Gasteiger partial charge in [-0.25, -0.2) is 4.79 Å². The minimum Gasteiger partial charge on any atom is -0.497 e. The monoisotopic (exact) mass is 473 g/mol. The second-order valence-electron chi connectivity index (χ2n) is 7.45. The summed E-state index contributed by atoms with van der Waals surface area (Å²) in [5, 5.41) is 14.8. The molecule has 0 saturated heterocycles. The number of methoxy groups -OCH3 is 2. The van der Waals surface area contributed by atoms with Crippen molar-refractivity contribution < 1.29 is 28.6 Å². The molecular weight excluding hydrogens is 450 g/mol. The summed E-state index contributed by atoms with van der Waals surface area (Å²) in [6.07, 6.45) is 0. The molecule has 0 saturated carbocycles. The maximum Gasteiger partial charge on any atom is 0.330 e. The maximum atomic E-state index is 12.6. The number of hydrogen-bond acceptors (Lipinski definition) is 7. The average molecular weight is 474 g/mol. The van der Waals surface area contributed by atoms with Crippen molar-refractivity contribution in [1.82, 2.24) is 10.6 Å². The van der Waals surface area contributed by atoms with Crippen molar-refractivity contribution in [2.75, 3.05) is 20.8 Å². The fraction of sp³-hybridized carbons (Fsp3) is 0.304. The van der Waals surface area contributed by atoms with Gasteiger partial charge in [0.05, 0.1) is 25.9 Å². The van der Waals surface area contributed by atoms with E-state index < -0.39 is 29.9 Å². The van der Waals surface area contributed by atoms with Crippen LogP contribution in [0.15, 0.2) is 36.4 Å². The van der Waals surface area contributed by atoms with Gasteiger partial charge in [-0.3, -0.25) is 9.59 Å². The standard InChI is InChI=1S/C23H24ClN3O6/c1-23(2,22(30)32-4)27-20(28)13-33-19-7-14(11-25)5-6-15(19)12-26-21(29)16-8-17(24)10-18(9-16)31-3/h5-10H,12-13H2,1-4H3,(H,26,29)(H,27,28). The molecule has 0 aliphatic rings. The van der Waals surface area contributed by atoms with E-state index in [1.54, 1.807) is 24.3 Å². The van der Waals surface area contributed by atoms with Crippen LogP contribution in [0, 0.1) is 11.3 Å². The molecule has 174 valence electrons. The lowest BCUT2D eigenvalue weighted by atomic mass is 10.1. The molecule has 0 bridgehead atoms. The molecule has 2 amide bonds. The zero-order valence-corrected chi connectivity index (χ0v) is 19.4. The normalized spacial score (nSPS) is 10.5. The zero-order chi connectivity index (χ0) is 24.6. The Hall–Kier alpha value is -3.77. The van der Waals surface area contributed by atoms with Crippen LogP contribution in [0.3, 0.4) is 0 Å². The molecule has 9 nitrogen and oxygen atoms in total. The zero-order valence-electron chi connectivity index (χ0n) is 18.7. The number of carbonyl (C=O) groups is 3. The molecule has 0 atom stereocenters. The second-order valence-corrected chi connectivity index (χ2v) is 7.89. The molecule has 0 spiro atoms. The van der Waals surface area contributed by atoms with Crippen molar-refractivity contribution in [3.8, 4) is 17.6 Å². The van der Waals surface area contributed by atoms with E-state index in [1.807, 2.05) is 6.07 Å². The third-order valence-electron chi connectivity index (χ3n) is 4.51. The van der Waals surface area contributed by atoms with Gasteiger partial charge in [-0.2, -0.15) is 5.26 Å². The number of ether oxygens (including phenoxy) is 3. The van der Waals surface area contributed by atoms with E-state index in [2.05, 4.69) is 15.4 Å². The van der Waals surface area contributed by atoms with Crippen molar-refractivity contribution >= 4 is 29.4 Å². The number of nitrogens with zero attached hydrogens (tertiary/aromatic N) is 1. The number of hydrogen-bond donors (Lipinski definition) is 2. The third kappa shape index (κ3) is 7.12. The lowest BCUT2D eigenvalue weighted by Crippen LogP contribution is -2.51. The highest BCUT2D eigenvalue weighted by molar-refractivity contribution is 6.31. The molecule has 0 aliphatic carbocycles. The number of rotatable bonds is 9. The fourth-order valence-electron chi connectivity index (χ4n) is 2.83.